The number of nitrogens with zero attached hydrogens (tertiary/aromatic N) is 1. The van der Waals surface area contributed by atoms with Crippen molar-refractivity contribution in [3.8, 4) is 11.5 Å². The van der Waals surface area contributed by atoms with Crippen molar-refractivity contribution in [1.29, 1.82) is 0 Å². The number of alkyl halides is 3. The first-order valence-corrected chi connectivity index (χ1v) is 9.55. The van der Waals surface area contributed by atoms with Crippen molar-refractivity contribution in [3.05, 3.63) is 59.0 Å². The van der Waals surface area contributed by atoms with E-state index in [1.165, 1.54) is 19.9 Å². The molecule has 0 aliphatic rings. The lowest BCUT2D eigenvalue weighted by Gasteiger charge is -2.13. The Bertz CT molecular complexity index is 1180. The lowest BCUT2D eigenvalue weighted by Crippen LogP contribution is -2.18. The molecular formula is C22H19F4NO5. The van der Waals surface area contributed by atoms with Crippen molar-refractivity contribution >= 4 is 22.8 Å². The molecule has 1 heterocycles. The Balaban J connectivity index is 2.15. The van der Waals surface area contributed by atoms with Crippen LogP contribution < -0.4 is 4.74 Å². The quantitative estimate of drug-likeness (QED) is 0.432. The van der Waals surface area contributed by atoms with Gasteiger partial charge in [-0.3, -0.25) is 14.2 Å². The number of rotatable bonds is 5. The molecule has 6 nitrogen and oxygen atoms in total. The maximum Gasteiger partial charge on any atom is 0.573 e. The first-order valence-electron chi connectivity index (χ1n) is 9.55. The van der Waals surface area contributed by atoms with Gasteiger partial charge in [-0.05, 0) is 62.7 Å². The van der Waals surface area contributed by atoms with Crippen LogP contribution in [-0.2, 0) is 9.53 Å². The van der Waals surface area contributed by atoms with Gasteiger partial charge in [0.1, 0.15) is 5.75 Å². The number of benzene rings is 2. The Morgan fingerprint density at radius 2 is 1.75 bits per heavy atom. The second kappa shape index (κ2) is 8.52. The minimum absolute atomic E-state index is 0.00310. The molecule has 0 aliphatic carbocycles. The van der Waals surface area contributed by atoms with E-state index in [-0.39, 0.29) is 34.3 Å². The molecule has 1 unspecified atom stereocenters. The molecule has 0 spiro atoms. The van der Waals surface area contributed by atoms with E-state index < -0.39 is 41.5 Å². The summed E-state index contributed by atoms with van der Waals surface area (Å²) in [5.74, 6) is -4.43. The first-order chi connectivity index (χ1) is 15.0. The number of carbonyl (C=O) groups is 2. The molecule has 0 fully saturated rings. The van der Waals surface area contributed by atoms with Crippen LogP contribution in [-0.4, -0.2) is 34.5 Å². The van der Waals surface area contributed by atoms with Crippen LogP contribution in [0.3, 0.4) is 0 Å². The standard InChI is InChI=1S/C22H19F4NO5/c1-4-31-21(30)11(2)17-12(3)27(15-9-10-16(28)19(23)18(15)17)20(29)13-5-7-14(8-6-13)32-22(24,25)26/h5-11,28H,4H2,1-3H3. The predicted molar refractivity (Wildman–Crippen MR) is 106 cm³/mol. The van der Waals surface area contributed by atoms with Crippen LogP contribution in [0.25, 0.3) is 10.9 Å². The maximum absolute atomic E-state index is 14.9. The average molecular weight is 453 g/mol. The van der Waals surface area contributed by atoms with E-state index in [0.29, 0.717) is 0 Å². The number of halogens is 4. The highest BCUT2D eigenvalue weighted by Gasteiger charge is 2.32. The van der Waals surface area contributed by atoms with Crippen LogP contribution in [0.1, 0.15) is 41.4 Å². The number of esters is 1. The molecule has 0 saturated carbocycles. The van der Waals surface area contributed by atoms with Gasteiger partial charge < -0.3 is 14.6 Å². The predicted octanol–water partition coefficient (Wildman–Crippen LogP) is 5.05. The molecule has 3 aromatic rings. The number of hydrogen-bond donors (Lipinski definition) is 1. The SMILES string of the molecule is CCOC(=O)C(C)c1c(C)n(C(=O)c2ccc(OC(F)(F)F)cc2)c2ccc(O)c(F)c12. The Morgan fingerprint density at radius 1 is 1.12 bits per heavy atom. The number of aromatic nitrogens is 1. The molecule has 32 heavy (non-hydrogen) atoms. The fraction of sp³-hybridized carbons (Fsp3) is 0.273. The summed E-state index contributed by atoms with van der Waals surface area (Å²) in [6.07, 6.45) is -4.88. The smallest absolute Gasteiger partial charge is 0.505 e. The van der Waals surface area contributed by atoms with Crippen molar-refractivity contribution in [2.24, 2.45) is 0 Å². The zero-order valence-corrected chi connectivity index (χ0v) is 17.3. The molecule has 3 rings (SSSR count). The van der Waals surface area contributed by atoms with Gasteiger partial charge in [-0.2, -0.15) is 0 Å². The van der Waals surface area contributed by atoms with E-state index in [1.54, 1.807) is 6.92 Å². The number of fused-ring (bicyclic) bond motifs is 1. The third kappa shape index (κ3) is 4.25. The Morgan fingerprint density at radius 3 is 2.31 bits per heavy atom. The van der Waals surface area contributed by atoms with Crippen molar-refractivity contribution in [3.63, 3.8) is 0 Å². The van der Waals surface area contributed by atoms with Crippen LogP contribution in [0.15, 0.2) is 36.4 Å². The van der Waals surface area contributed by atoms with Gasteiger partial charge in [-0.1, -0.05) is 0 Å². The molecule has 1 atom stereocenters. The normalized spacial score (nSPS) is 12.6. The van der Waals surface area contributed by atoms with Crippen LogP contribution in [0.4, 0.5) is 17.6 Å². The summed E-state index contributed by atoms with van der Waals surface area (Å²) in [6.45, 7) is 4.70. The molecule has 1 N–H and O–H groups in total. The van der Waals surface area contributed by atoms with Crippen LogP contribution >= 0.6 is 0 Å². The molecule has 10 heteroatoms. The highest BCUT2D eigenvalue weighted by atomic mass is 19.4. The lowest BCUT2D eigenvalue weighted by molar-refractivity contribution is -0.274. The topological polar surface area (TPSA) is 77.8 Å². The van der Waals surface area contributed by atoms with E-state index in [2.05, 4.69) is 4.74 Å². The molecule has 1 aromatic heterocycles. The van der Waals surface area contributed by atoms with Crippen LogP contribution in [0.2, 0.25) is 0 Å². The van der Waals surface area contributed by atoms with Gasteiger partial charge in [0.15, 0.2) is 11.6 Å². The third-order valence-electron chi connectivity index (χ3n) is 4.95. The minimum Gasteiger partial charge on any atom is -0.505 e. The number of phenols is 1. The Hall–Kier alpha value is -3.56. The van der Waals surface area contributed by atoms with Gasteiger partial charge in [0.25, 0.3) is 5.91 Å². The number of ether oxygens (including phenoxy) is 2. The summed E-state index contributed by atoms with van der Waals surface area (Å²) in [5, 5.41) is 9.74. The van der Waals surface area contributed by atoms with Crippen LogP contribution in [0, 0.1) is 12.7 Å². The third-order valence-corrected chi connectivity index (χ3v) is 4.95. The summed E-state index contributed by atoms with van der Waals surface area (Å²) in [7, 11) is 0. The molecule has 0 radical (unpaired) electrons. The number of carbonyl (C=O) groups excluding carboxylic acids is 2. The molecule has 0 amide bonds. The van der Waals surface area contributed by atoms with Crippen LogP contribution in [0.5, 0.6) is 11.5 Å². The number of phenolic OH excluding ortho intramolecular Hbond substituents is 1. The molecule has 0 saturated heterocycles. The zero-order valence-electron chi connectivity index (χ0n) is 17.3. The molecule has 2 aromatic carbocycles. The van der Waals surface area contributed by atoms with Crippen molar-refractivity contribution in [2.45, 2.75) is 33.1 Å². The molecular weight excluding hydrogens is 434 g/mol. The van der Waals surface area contributed by atoms with Gasteiger partial charge in [0, 0.05) is 16.6 Å². The summed E-state index contributed by atoms with van der Waals surface area (Å²) in [5.41, 5.74) is 0.482. The largest absolute Gasteiger partial charge is 0.573 e. The summed E-state index contributed by atoms with van der Waals surface area (Å²) < 4.78 is 62.0. The first kappa shape index (κ1) is 23.1. The van der Waals surface area contributed by atoms with E-state index in [1.807, 2.05) is 0 Å². The summed E-state index contributed by atoms with van der Waals surface area (Å²) in [6, 6.07) is 6.63. The number of aromatic hydroxyl groups is 1. The van der Waals surface area contributed by atoms with Gasteiger partial charge in [0.05, 0.1) is 18.0 Å². The highest BCUT2D eigenvalue weighted by molar-refractivity contribution is 6.05. The zero-order chi connectivity index (χ0) is 23.8. The Labute approximate surface area is 180 Å². The van der Waals surface area contributed by atoms with Gasteiger partial charge in [-0.25, -0.2) is 4.39 Å². The van der Waals surface area contributed by atoms with Gasteiger partial charge >= 0.3 is 12.3 Å². The van der Waals surface area contributed by atoms with Crippen molar-refractivity contribution in [2.75, 3.05) is 6.61 Å². The average Bonchev–Trinajstić information content (AvgIpc) is 3.01. The fourth-order valence-electron chi connectivity index (χ4n) is 3.58. The maximum atomic E-state index is 14.9. The lowest BCUT2D eigenvalue weighted by atomic mass is 9.97. The van der Waals surface area contributed by atoms with E-state index in [9.17, 15) is 32.3 Å². The van der Waals surface area contributed by atoms with Gasteiger partial charge in [0.2, 0.25) is 0 Å². The fourth-order valence-corrected chi connectivity index (χ4v) is 3.58. The second-order valence-electron chi connectivity index (χ2n) is 6.98. The van der Waals surface area contributed by atoms with E-state index in [4.69, 9.17) is 4.74 Å². The minimum atomic E-state index is -4.88. The highest BCUT2D eigenvalue weighted by Crippen LogP contribution is 2.37. The molecule has 0 aliphatic heterocycles. The van der Waals surface area contributed by atoms with Gasteiger partial charge in [-0.15, -0.1) is 13.2 Å². The molecule has 0 bridgehead atoms. The van der Waals surface area contributed by atoms with Crippen molar-refractivity contribution in [1.82, 2.24) is 4.57 Å². The number of hydrogen-bond acceptors (Lipinski definition) is 5. The van der Waals surface area contributed by atoms with E-state index >= 15 is 0 Å². The summed E-state index contributed by atoms with van der Waals surface area (Å²) in [4.78, 5) is 25.5. The molecule has 170 valence electrons. The van der Waals surface area contributed by atoms with E-state index in [0.717, 1.165) is 34.9 Å². The summed E-state index contributed by atoms with van der Waals surface area (Å²) >= 11 is 0. The van der Waals surface area contributed by atoms with Crippen molar-refractivity contribution < 1.29 is 41.7 Å². The Kier molecular flexibility index (Phi) is 6.16. The second-order valence-corrected chi connectivity index (χ2v) is 6.98. The monoisotopic (exact) mass is 453 g/mol.